The highest BCUT2D eigenvalue weighted by molar-refractivity contribution is 7.75. The molecule has 2 amide bonds. The third kappa shape index (κ3) is 4.51. The molecule has 0 aliphatic heterocycles. The van der Waals surface area contributed by atoms with Crippen molar-refractivity contribution in [3.63, 3.8) is 0 Å². The Morgan fingerprint density at radius 2 is 1.63 bits per heavy atom. The van der Waals surface area contributed by atoms with Gasteiger partial charge in [-0.25, -0.2) is 4.79 Å². The summed E-state index contributed by atoms with van der Waals surface area (Å²) in [4.78, 5) is 14.1. The van der Waals surface area contributed by atoms with Gasteiger partial charge in [0.1, 0.15) is 0 Å². The average molecular weight is 302 g/mol. The van der Waals surface area contributed by atoms with Gasteiger partial charge in [0.05, 0.1) is 0 Å². The number of hydrogen-bond donors (Lipinski definition) is 0. The van der Waals surface area contributed by atoms with E-state index < -0.39 is 16.6 Å². The summed E-state index contributed by atoms with van der Waals surface area (Å²) in [5.74, 6) is 0. The highest BCUT2D eigenvalue weighted by Crippen LogP contribution is 2.13. The first-order valence-electron chi connectivity index (χ1n) is 6.04. The summed E-state index contributed by atoms with van der Waals surface area (Å²) < 4.78 is 15.7. The lowest BCUT2D eigenvalue weighted by atomic mass is 10.2. The van der Waals surface area contributed by atoms with Gasteiger partial charge in [0, 0.05) is 17.1 Å². The molecule has 0 atom stereocenters. The van der Waals surface area contributed by atoms with Crippen LogP contribution in [-0.4, -0.2) is 23.0 Å². The van der Waals surface area contributed by atoms with E-state index in [1.165, 1.54) is 0 Å². The number of amides is 2. The van der Waals surface area contributed by atoms with Crippen LogP contribution in [0.4, 0.5) is 4.79 Å². The fraction of sp³-hybridized carbons (Fsp3) is 0.462. The van der Waals surface area contributed by atoms with E-state index in [0.717, 1.165) is 0 Å². The fourth-order valence-corrected chi connectivity index (χ4v) is 2.60. The number of carbonyl (C=O) groups is 1. The Balaban J connectivity index is 2.98. The van der Waals surface area contributed by atoms with Gasteiger partial charge in [0.25, 0.3) is 0 Å². The summed E-state index contributed by atoms with van der Waals surface area (Å²) in [5, 5.41) is 0.554. The van der Waals surface area contributed by atoms with Crippen molar-refractivity contribution in [3.8, 4) is 0 Å². The molecule has 6 heteroatoms. The van der Waals surface area contributed by atoms with Crippen LogP contribution in [0.5, 0.6) is 0 Å². The molecule has 1 aromatic rings. The molecule has 0 heterocycles. The van der Waals surface area contributed by atoms with E-state index in [1.54, 1.807) is 29.2 Å². The molecular formula is C13H18ClN2O2S-. The summed E-state index contributed by atoms with van der Waals surface area (Å²) in [6.45, 7) is 7.61. The Morgan fingerprint density at radius 3 is 2.05 bits per heavy atom. The van der Waals surface area contributed by atoms with E-state index >= 15 is 0 Å². The zero-order valence-corrected chi connectivity index (χ0v) is 13.0. The number of carbonyl (C=O) groups excluding carboxylic acids is 1. The SMILES string of the molecule is CC(C)N(C(=O)N=[S-](=O)c1ccc(Cl)cc1)C(C)C. The van der Waals surface area contributed by atoms with Crippen LogP contribution < -0.4 is 0 Å². The van der Waals surface area contributed by atoms with E-state index in [9.17, 15) is 9.00 Å². The lowest BCUT2D eigenvalue weighted by molar-refractivity contribution is 0.175. The molecule has 1 rings (SSSR count). The van der Waals surface area contributed by atoms with Crippen molar-refractivity contribution >= 4 is 28.2 Å². The molecule has 0 saturated carbocycles. The van der Waals surface area contributed by atoms with Gasteiger partial charge in [0.15, 0.2) is 0 Å². The molecule has 0 radical (unpaired) electrons. The summed E-state index contributed by atoms with van der Waals surface area (Å²) in [6, 6.07) is 6.01. The molecule has 4 nitrogen and oxygen atoms in total. The van der Waals surface area contributed by atoms with Crippen molar-refractivity contribution in [2.45, 2.75) is 44.7 Å². The van der Waals surface area contributed by atoms with Crippen LogP contribution in [0.1, 0.15) is 27.7 Å². The predicted molar refractivity (Wildman–Crippen MR) is 77.7 cm³/mol. The van der Waals surface area contributed by atoms with Crippen molar-refractivity contribution in [2.24, 2.45) is 4.36 Å². The minimum absolute atomic E-state index is 0.0125. The molecule has 0 aromatic heterocycles. The molecular weight excluding hydrogens is 284 g/mol. The van der Waals surface area contributed by atoms with Gasteiger partial charge in [0.2, 0.25) is 0 Å². The van der Waals surface area contributed by atoms with Crippen LogP contribution >= 0.6 is 11.6 Å². The molecule has 0 unspecified atom stereocenters. The Kier molecular flexibility index (Phi) is 5.82. The summed E-state index contributed by atoms with van der Waals surface area (Å²) in [6.07, 6.45) is 0. The van der Waals surface area contributed by atoms with Crippen molar-refractivity contribution in [1.82, 2.24) is 4.90 Å². The first-order valence-corrected chi connectivity index (χ1v) is 7.53. The van der Waals surface area contributed by atoms with Crippen LogP contribution in [-0.2, 0) is 14.8 Å². The number of halogens is 1. The fourth-order valence-electron chi connectivity index (χ4n) is 1.76. The first kappa shape index (κ1) is 16.0. The van der Waals surface area contributed by atoms with Gasteiger partial charge < -0.3 is 13.5 Å². The number of nitrogens with zero attached hydrogens (tertiary/aromatic N) is 2. The molecule has 0 saturated heterocycles. The highest BCUT2D eigenvalue weighted by atomic mass is 35.5. The minimum Gasteiger partial charge on any atom is -0.439 e. The van der Waals surface area contributed by atoms with Crippen molar-refractivity contribution in [2.75, 3.05) is 0 Å². The van der Waals surface area contributed by atoms with Gasteiger partial charge in [-0.05, 0) is 39.8 Å². The Bertz CT molecular complexity index is 512. The molecule has 0 N–H and O–H groups in total. The van der Waals surface area contributed by atoms with E-state index in [2.05, 4.69) is 4.36 Å². The van der Waals surface area contributed by atoms with E-state index in [1.807, 2.05) is 27.7 Å². The Hall–Kier alpha value is -1.07. The number of urea groups is 1. The average Bonchev–Trinajstić information content (AvgIpc) is 2.28. The van der Waals surface area contributed by atoms with Gasteiger partial charge in [-0.2, -0.15) is 10.6 Å². The summed E-state index contributed by atoms with van der Waals surface area (Å²) >= 11 is 5.75. The lowest BCUT2D eigenvalue weighted by Crippen LogP contribution is -2.40. The molecule has 1 aromatic carbocycles. The highest BCUT2D eigenvalue weighted by Gasteiger charge is 2.17. The normalized spacial score (nSPS) is 13.0. The summed E-state index contributed by atoms with van der Waals surface area (Å²) in [5.41, 5.74) is 0. The maximum absolute atomic E-state index is 12.0. The molecule has 0 aliphatic rings. The second-order valence-corrected chi connectivity index (χ2v) is 6.26. The van der Waals surface area contributed by atoms with E-state index in [4.69, 9.17) is 11.6 Å². The van der Waals surface area contributed by atoms with Crippen molar-refractivity contribution < 1.29 is 9.00 Å². The van der Waals surface area contributed by atoms with Crippen molar-refractivity contribution in [3.05, 3.63) is 29.3 Å². The minimum atomic E-state index is -1.70. The maximum Gasteiger partial charge on any atom is 0.320 e. The van der Waals surface area contributed by atoms with Crippen LogP contribution in [0, 0.1) is 0 Å². The molecule has 106 valence electrons. The zero-order valence-electron chi connectivity index (χ0n) is 11.5. The first-order chi connectivity index (χ1) is 8.82. The van der Waals surface area contributed by atoms with E-state index in [-0.39, 0.29) is 12.1 Å². The lowest BCUT2D eigenvalue weighted by Gasteiger charge is -2.29. The standard InChI is InChI=1S/C13H18ClN2O2S/c1-9(2)16(10(3)4)13(17)15-19(18)12-7-5-11(14)6-8-12/h5-10H,1-4H3/q-1. The van der Waals surface area contributed by atoms with Crippen LogP contribution in [0.25, 0.3) is 0 Å². The van der Waals surface area contributed by atoms with Crippen molar-refractivity contribution in [1.29, 1.82) is 0 Å². The van der Waals surface area contributed by atoms with Gasteiger partial charge >= 0.3 is 6.03 Å². The molecule has 0 bridgehead atoms. The van der Waals surface area contributed by atoms with Crippen LogP contribution in [0.15, 0.2) is 33.5 Å². The number of benzene rings is 1. The maximum atomic E-state index is 12.0. The Labute approximate surface area is 121 Å². The quantitative estimate of drug-likeness (QED) is 0.790. The molecule has 0 spiro atoms. The third-order valence-electron chi connectivity index (χ3n) is 2.51. The topological polar surface area (TPSA) is 49.7 Å². The third-order valence-corrected chi connectivity index (χ3v) is 3.76. The second kappa shape index (κ2) is 6.91. The smallest absolute Gasteiger partial charge is 0.320 e. The monoisotopic (exact) mass is 301 g/mol. The van der Waals surface area contributed by atoms with Gasteiger partial charge in [-0.1, -0.05) is 28.6 Å². The van der Waals surface area contributed by atoms with Gasteiger partial charge in [-0.15, -0.1) is 0 Å². The molecule has 0 fully saturated rings. The van der Waals surface area contributed by atoms with E-state index in [0.29, 0.717) is 9.92 Å². The largest absolute Gasteiger partial charge is 0.439 e. The molecule has 0 aliphatic carbocycles. The van der Waals surface area contributed by atoms with Crippen LogP contribution in [0.2, 0.25) is 5.02 Å². The van der Waals surface area contributed by atoms with Crippen LogP contribution in [0.3, 0.4) is 0 Å². The predicted octanol–water partition coefficient (Wildman–Crippen LogP) is 4.09. The zero-order chi connectivity index (χ0) is 14.6. The summed E-state index contributed by atoms with van der Waals surface area (Å²) in [7, 11) is -1.70. The van der Waals surface area contributed by atoms with Gasteiger partial charge in [-0.3, -0.25) is 0 Å². The number of hydrogen-bond acceptors (Lipinski definition) is 3. The second-order valence-electron chi connectivity index (χ2n) is 4.67. The Morgan fingerprint density at radius 1 is 1.16 bits per heavy atom. The molecule has 19 heavy (non-hydrogen) atoms. The number of rotatable bonds is 3.